The Morgan fingerprint density at radius 1 is 1.50 bits per heavy atom. The molecular weight excluding hydrogens is 342 g/mol. The Hall–Kier alpha value is -1.28. The molecule has 2 unspecified atom stereocenters. The van der Waals surface area contributed by atoms with Crippen LogP contribution in [0.3, 0.4) is 0 Å². The van der Waals surface area contributed by atoms with Gasteiger partial charge in [-0.15, -0.1) is 22.7 Å². The lowest BCUT2D eigenvalue weighted by atomic mass is 10.1. The van der Waals surface area contributed by atoms with Gasteiger partial charge >= 0.3 is 0 Å². The molecule has 1 amide bonds. The van der Waals surface area contributed by atoms with Gasteiger partial charge in [0.2, 0.25) is 0 Å². The zero-order valence-corrected chi connectivity index (χ0v) is 15.9. The Kier molecular flexibility index (Phi) is 5.34. The van der Waals surface area contributed by atoms with E-state index in [1.54, 1.807) is 18.3 Å². The van der Waals surface area contributed by atoms with Crippen LogP contribution in [0.4, 0.5) is 0 Å². The first-order chi connectivity index (χ1) is 11.5. The van der Waals surface area contributed by atoms with E-state index in [0.717, 1.165) is 33.5 Å². The van der Waals surface area contributed by atoms with E-state index in [1.165, 1.54) is 11.3 Å². The number of amides is 1. The fourth-order valence-electron chi connectivity index (χ4n) is 3.11. The van der Waals surface area contributed by atoms with Crippen molar-refractivity contribution in [3.05, 3.63) is 28.1 Å². The average Bonchev–Trinajstić information content (AvgIpc) is 3.15. The molecule has 3 rings (SSSR count). The van der Waals surface area contributed by atoms with Gasteiger partial charge in [-0.3, -0.25) is 9.69 Å². The van der Waals surface area contributed by atoms with E-state index in [1.807, 2.05) is 29.3 Å². The second kappa shape index (κ2) is 7.31. The van der Waals surface area contributed by atoms with Gasteiger partial charge in [-0.05, 0) is 32.2 Å². The molecule has 7 heteroatoms. The van der Waals surface area contributed by atoms with Crippen molar-refractivity contribution in [1.82, 2.24) is 14.8 Å². The zero-order chi connectivity index (χ0) is 17.3. The molecule has 0 radical (unpaired) electrons. The summed E-state index contributed by atoms with van der Waals surface area (Å²) in [7, 11) is 0. The first-order valence-electron chi connectivity index (χ1n) is 8.18. The molecule has 3 heterocycles. The van der Waals surface area contributed by atoms with Crippen LogP contribution in [0.5, 0.6) is 0 Å². The third kappa shape index (κ3) is 3.69. The quantitative estimate of drug-likeness (QED) is 0.905. The highest BCUT2D eigenvalue weighted by Crippen LogP contribution is 2.32. The molecule has 5 nitrogen and oxygen atoms in total. The lowest BCUT2D eigenvalue weighted by Crippen LogP contribution is -2.55. The molecule has 2 aromatic heterocycles. The van der Waals surface area contributed by atoms with Crippen molar-refractivity contribution in [1.29, 1.82) is 0 Å². The van der Waals surface area contributed by atoms with Gasteiger partial charge in [0.1, 0.15) is 9.88 Å². The van der Waals surface area contributed by atoms with E-state index in [2.05, 4.69) is 16.8 Å². The SMILES string of the molecule is Cc1nc(-c2cccs2)sc1C(=O)N1CCN(CC(C)O)CC1C. The summed E-state index contributed by atoms with van der Waals surface area (Å²) in [4.78, 5) is 23.6. The fraction of sp³-hybridized carbons (Fsp3) is 0.529. The number of aliphatic hydroxyl groups excluding tert-OH is 1. The van der Waals surface area contributed by atoms with Gasteiger partial charge in [0.25, 0.3) is 5.91 Å². The minimum atomic E-state index is -0.337. The summed E-state index contributed by atoms with van der Waals surface area (Å²) in [5, 5.41) is 12.5. The van der Waals surface area contributed by atoms with Gasteiger partial charge in [-0.25, -0.2) is 4.98 Å². The van der Waals surface area contributed by atoms with Crippen molar-refractivity contribution in [2.24, 2.45) is 0 Å². The predicted octanol–water partition coefficient (Wildman–Crippen LogP) is 2.71. The van der Waals surface area contributed by atoms with Crippen LogP contribution in [0.2, 0.25) is 0 Å². The molecule has 1 saturated heterocycles. The highest BCUT2D eigenvalue weighted by molar-refractivity contribution is 7.22. The number of hydrogen-bond acceptors (Lipinski definition) is 6. The highest BCUT2D eigenvalue weighted by atomic mass is 32.1. The largest absolute Gasteiger partial charge is 0.392 e. The van der Waals surface area contributed by atoms with Crippen LogP contribution < -0.4 is 0 Å². The van der Waals surface area contributed by atoms with Gasteiger partial charge < -0.3 is 10.0 Å². The Bertz CT molecular complexity index is 697. The van der Waals surface area contributed by atoms with E-state index >= 15 is 0 Å². The summed E-state index contributed by atoms with van der Waals surface area (Å²) >= 11 is 3.13. The van der Waals surface area contributed by atoms with Gasteiger partial charge in [0, 0.05) is 32.2 Å². The number of hydrogen-bond donors (Lipinski definition) is 1. The van der Waals surface area contributed by atoms with Crippen LogP contribution >= 0.6 is 22.7 Å². The zero-order valence-electron chi connectivity index (χ0n) is 14.2. The number of rotatable bonds is 4. The Morgan fingerprint density at radius 3 is 2.92 bits per heavy atom. The molecule has 1 fully saturated rings. The van der Waals surface area contributed by atoms with E-state index in [-0.39, 0.29) is 18.1 Å². The summed E-state index contributed by atoms with van der Waals surface area (Å²) < 4.78 is 0. The van der Waals surface area contributed by atoms with Crippen molar-refractivity contribution in [3.8, 4) is 9.88 Å². The van der Waals surface area contributed by atoms with Crippen LogP contribution in [-0.2, 0) is 0 Å². The number of nitrogens with zero attached hydrogens (tertiary/aromatic N) is 3. The van der Waals surface area contributed by atoms with Crippen LogP contribution in [-0.4, -0.2) is 64.1 Å². The van der Waals surface area contributed by atoms with Crippen molar-refractivity contribution >= 4 is 28.6 Å². The molecule has 24 heavy (non-hydrogen) atoms. The number of thiazole rings is 1. The Morgan fingerprint density at radius 2 is 2.29 bits per heavy atom. The molecule has 130 valence electrons. The second-order valence-electron chi connectivity index (χ2n) is 6.37. The number of carbonyl (C=O) groups excluding carboxylic acids is 1. The number of thiophene rings is 1. The summed E-state index contributed by atoms with van der Waals surface area (Å²) in [5.74, 6) is 0.0806. The minimum Gasteiger partial charge on any atom is -0.392 e. The van der Waals surface area contributed by atoms with E-state index < -0.39 is 0 Å². The van der Waals surface area contributed by atoms with E-state index in [0.29, 0.717) is 13.1 Å². The molecule has 1 aliphatic rings. The molecule has 2 atom stereocenters. The number of aromatic nitrogens is 1. The topological polar surface area (TPSA) is 56.7 Å². The normalized spacial score (nSPS) is 20.3. The van der Waals surface area contributed by atoms with Crippen molar-refractivity contribution in [2.75, 3.05) is 26.2 Å². The summed E-state index contributed by atoms with van der Waals surface area (Å²) in [6, 6.07) is 4.17. The molecule has 1 aliphatic heterocycles. The first-order valence-corrected chi connectivity index (χ1v) is 9.88. The Labute approximate surface area is 150 Å². The number of carbonyl (C=O) groups is 1. The van der Waals surface area contributed by atoms with Crippen LogP contribution in [0.25, 0.3) is 9.88 Å². The molecule has 0 aromatic carbocycles. The molecular formula is C17H23N3O2S2. The van der Waals surface area contributed by atoms with Crippen LogP contribution in [0, 0.1) is 6.92 Å². The summed E-state index contributed by atoms with van der Waals surface area (Å²) in [6.45, 7) is 8.74. The van der Waals surface area contributed by atoms with Crippen molar-refractivity contribution in [2.45, 2.75) is 32.9 Å². The molecule has 0 bridgehead atoms. The molecule has 0 saturated carbocycles. The molecule has 1 N–H and O–H groups in total. The molecule has 0 spiro atoms. The van der Waals surface area contributed by atoms with Gasteiger partial charge in [-0.1, -0.05) is 6.07 Å². The highest BCUT2D eigenvalue weighted by Gasteiger charge is 2.30. The first kappa shape index (κ1) is 17.5. The van der Waals surface area contributed by atoms with Crippen LogP contribution in [0.15, 0.2) is 17.5 Å². The smallest absolute Gasteiger partial charge is 0.266 e. The van der Waals surface area contributed by atoms with E-state index in [4.69, 9.17) is 0 Å². The van der Waals surface area contributed by atoms with E-state index in [9.17, 15) is 9.90 Å². The van der Waals surface area contributed by atoms with Crippen LogP contribution in [0.1, 0.15) is 29.2 Å². The third-order valence-corrected chi connectivity index (χ3v) is 6.40. The predicted molar refractivity (Wildman–Crippen MR) is 98.8 cm³/mol. The molecule has 2 aromatic rings. The summed E-state index contributed by atoms with van der Waals surface area (Å²) in [6.07, 6.45) is -0.337. The fourth-order valence-corrected chi connectivity index (χ4v) is 4.92. The van der Waals surface area contributed by atoms with Crippen molar-refractivity contribution in [3.63, 3.8) is 0 Å². The van der Waals surface area contributed by atoms with Gasteiger partial charge in [-0.2, -0.15) is 0 Å². The third-order valence-electron chi connectivity index (χ3n) is 4.22. The molecule has 0 aliphatic carbocycles. The maximum Gasteiger partial charge on any atom is 0.266 e. The number of β-amino-alcohol motifs (C(OH)–C–C–N with tert-alkyl or cyclic N) is 1. The minimum absolute atomic E-state index is 0.0806. The Balaban J connectivity index is 1.73. The average molecular weight is 366 g/mol. The number of piperazine rings is 1. The maximum atomic E-state index is 13.0. The number of aryl methyl sites for hydroxylation is 1. The number of aliphatic hydroxyl groups is 1. The van der Waals surface area contributed by atoms with Gasteiger partial charge in [0.05, 0.1) is 16.7 Å². The van der Waals surface area contributed by atoms with Crippen molar-refractivity contribution < 1.29 is 9.90 Å². The lowest BCUT2D eigenvalue weighted by molar-refractivity contribution is 0.0386. The maximum absolute atomic E-state index is 13.0. The lowest BCUT2D eigenvalue weighted by Gasteiger charge is -2.40. The summed E-state index contributed by atoms with van der Waals surface area (Å²) in [5.41, 5.74) is 0.812. The standard InChI is InChI=1S/C17H23N3O2S2/c1-11-9-19(10-12(2)21)6-7-20(11)17(22)15-13(3)18-16(24-15)14-5-4-8-23-14/h4-5,8,11-12,21H,6-7,9-10H2,1-3H3. The van der Waals surface area contributed by atoms with Gasteiger partial charge in [0.15, 0.2) is 0 Å². The monoisotopic (exact) mass is 365 g/mol. The second-order valence-corrected chi connectivity index (χ2v) is 8.31.